The SMILES string of the molecule is CC#CC(C)Cc1c(C)cccc1O. The summed E-state index contributed by atoms with van der Waals surface area (Å²) in [6.07, 6.45) is 0.819. The molecule has 14 heavy (non-hydrogen) atoms. The van der Waals surface area contributed by atoms with Crippen LogP contribution >= 0.6 is 0 Å². The average molecular weight is 188 g/mol. The molecule has 0 saturated heterocycles. The van der Waals surface area contributed by atoms with Crippen LogP contribution in [0.4, 0.5) is 0 Å². The standard InChI is InChI=1S/C13H16O/c1-4-6-10(2)9-12-11(3)7-5-8-13(12)14/h5,7-8,10,14H,9H2,1-3H3. The monoisotopic (exact) mass is 188 g/mol. The number of hydrogen-bond donors (Lipinski definition) is 1. The molecular weight excluding hydrogens is 172 g/mol. The number of aromatic hydroxyl groups is 1. The fraction of sp³-hybridized carbons (Fsp3) is 0.385. The highest BCUT2D eigenvalue weighted by Crippen LogP contribution is 2.23. The average Bonchev–Trinajstić information content (AvgIpc) is 2.12. The van der Waals surface area contributed by atoms with Gasteiger partial charge in [0, 0.05) is 5.92 Å². The zero-order chi connectivity index (χ0) is 10.6. The summed E-state index contributed by atoms with van der Waals surface area (Å²) in [6, 6.07) is 5.61. The molecule has 1 aromatic rings. The van der Waals surface area contributed by atoms with Gasteiger partial charge in [0.15, 0.2) is 0 Å². The van der Waals surface area contributed by atoms with E-state index in [0.717, 1.165) is 17.5 Å². The highest BCUT2D eigenvalue weighted by molar-refractivity contribution is 5.39. The van der Waals surface area contributed by atoms with Crippen molar-refractivity contribution in [3.8, 4) is 17.6 Å². The van der Waals surface area contributed by atoms with Gasteiger partial charge in [0.1, 0.15) is 5.75 Å². The van der Waals surface area contributed by atoms with E-state index in [1.807, 2.05) is 26.0 Å². The molecule has 1 heteroatoms. The predicted octanol–water partition coefficient (Wildman–Crippen LogP) is 2.90. The van der Waals surface area contributed by atoms with Crippen molar-refractivity contribution < 1.29 is 5.11 Å². The van der Waals surface area contributed by atoms with E-state index in [2.05, 4.69) is 18.8 Å². The Morgan fingerprint density at radius 3 is 2.71 bits per heavy atom. The molecule has 1 N–H and O–H groups in total. The molecule has 0 heterocycles. The van der Waals surface area contributed by atoms with E-state index in [1.54, 1.807) is 6.07 Å². The first-order valence-corrected chi connectivity index (χ1v) is 4.85. The Hall–Kier alpha value is -1.42. The lowest BCUT2D eigenvalue weighted by molar-refractivity contribution is 0.464. The number of phenolic OH excluding ortho intramolecular Hbond substituents is 1. The molecule has 1 aromatic carbocycles. The number of phenols is 1. The molecule has 1 rings (SSSR count). The minimum absolute atomic E-state index is 0.298. The molecule has 0 bridgehead atoms. The number of benzene rings is 1. The van der Waals surface area contributed by atoms with Gasteiger partial charge in [-0.2, -0.15) is 0 Å². The second-order valence-electron chi connectivity index (χ2n) is 3.57. The van der Waals surface area contributed by atoms with Crippen LogP contribution in [0.5, 0.6) is 5.75 Å². The predicted molar refractivity (Wildman–Crippen MR) is 59.2 cm³/mol. The van der Waals surface area contributed by atoms with Crippen LogP contribution in [0.25, 0.3) is 0 Å². The molecule has 1 nitrogen and oxygen atoms in total. The van der Waals surface area contributed by atoms with E-state index in [0.29, 0.717) is 11.7 Å². The van der Waals surface area contributed by atoms with Gasteiger partial charge in [0.25, 0.3) is 0 Å². The van der Waals surface area contributed by atoms with Crippen molar-refractivity contribution in [2.24, 2.45) is 5.92 Å². The fourth-order valence-corrected chi connectivity index (χ4v) is 1.56. The second kappa shape index (κ2) is 4.72. The zero-order valence-electron chi connectivity index (χ0n) is 8.96. The van der Waals surface area contributed by atoms with E-state index < -0.39 is 0 Å². The molecule has 0 spiro atoms. The van der Waals surface area contributed by atoms with Gasteiger partial charge < -0.3 is 5.11 Å². The van der Waals surface area contributed by atoms with E-state index in [1.165, 1.54) is 0 Å². The Morgan fingerprint density at radius 2 is 2.14 bits per heavy atom. The van der Waals surface area contributed by atoms with Crippen molar-refractivity contribution in [1.29, 1.82) is 0 Å². The van der Waals surface area contributed by atoms with Gasteiger partial charge in [-0.05, 0) is 37.5 Å². The molecule has 0 aliphatic carbocycles. The first-order valence-electron chi connectivity index (χ1n) is 4.85. The van der Waals surface area contributed by atoms with E-state index >= 15 is 0 Å². The highest BCUT2D eigenvalue weighted by Gasteiger charge is 2.07. The van der Waals surface area contributed by atoms with E-state index in [9.17, 15) is 5.11 Å². The molecule has 0 aliphatic rings. The van der Waals surface area contributed by atoms with E-state index in [-0.39, 0.29) is 0 Å². The van der Waals surface area contributed by atoms with Crippen molar-refractivity contribution >= 4 is 0 Å². The van der Waals surface area contributed by atoms with E-state index in [4.69, 9.17) is 0 Å². The summed E-state index contributed by atoms with van der Waals surface area (Å²) in [6.45, 7) is 5.93. The van der Waals surface area contributed by atoms with Gasteiger partial charge in [-0.15, -0.1) is 11.8 Å². The minimum atomic E-state index is 0.298. The van der Waals surface area contributed by atoms with Crippen molar-refractivity contribution in [2.45, 2.75) is 27.2 Å². The number of rotatable bonds is 2. The van der Waals surface area contributed by atoms with Crippen LogP contribution in [0.2, 0.25) is 0 Å². The Bertz CT molecular complexity index is 348. The minimum Gasteiger partial charge on any atom is -0.508 e. The Balaban J connectivity index is 2.89. The number of aryl methyl sites for hydroxylation is 1. The maximum atomic E-state index is 9.66. The summed E-state index contributed by atoms with van der Waals surface area (Å²) in [5.74, 6) is 6.66. The molecule has 74 valence electrons. The topological polar surface area (TPSA) is 20.2 Å². The Labute approximate surface area is 85.8 Å². The summed E-state index contributed by atoms with van der Waals surface area (Å²) in [5, 5.41) is 9.66. The van der Waals surface area contributed by atoms with Gasteiger partial charge >= 0.3 is 0 Å². The highest BCUT2D eigenvalue weighted by atomic mass is 16.3. The van der Waals surface area contributed by atoms with Gasteiger partial charge in [-0.3, -0.25) is 0 Å². The largest absolute Gasteiger partial charge is 0.508 e. The lowest BCUT2D eigenvalue weighted by Crippen LogP contribution is -1.99. The van der Waals surface area contributed by atoms with Crippen LogP contribution in [0.1, 0.15) is 25.0 Å². The van der Waals surface area contributed by atoms with Crippen molar-refractivity contribution in [3.05, 3.63) is 29.3 Å². The molecule has 0 aliphatic heterocycles. The second-order valence-corrected chi connectivity index (χ2v) is 3.57. The smallest absolute Gasteiger partial charge is 0.119 e. The summed E-state index contributed by atoms with van der Waals surface area (Å²) in [7, 11) is 0. The zero-order valence-corrected chi connectivity index (χ0v) is 8.96. The lowest BCUT2D eigenvalue weighted by Gasteiger charge is -2.09. The number of hydrogen-bond acceptors (Lipinski definition) is 1. The molecule has 1 atom stereocenters. The van der Waals surface area contributed by atoms with Crippen LogP contribution in [0.3, 0.4) is 0 Å². The molecule has 0 radical (unpaired) electrons. The van der Waals surface area contributed by atoms with Crippen LogP contribution in [-0.2, 0) is 6.42 Å². The quantitative estimate of drug-likeness (QED) is 0.707. The molecule has 0 aromatic heterocycles. The maximum Gasteiger partial charge on any atom is 0.119 e. The first-order chi connectivity index (χ1) is 6.65. The summed E-state index contributed by atoms with van der Waals surface area (Å²) < 4.78 is 0. The molecule has 0 fully saturated rings. The van der Waals surface area contributed by atoms with Crippen molar-refractivity contribution in [2.75, 3.05) is 0 Å². The third kappa shape index (κ3) is 2.53. The van der Waals surface area contributed by atoms with Crippen molar-refractivity contribution in [1.82, 2.24) is 0 Å². The summed E-state index contributed by atoms with van der Waals surface area (Å²) in [5.41, 5.74) is 2.15. The van der Waals surface area contributed by atoms with Gasteiger partial charge in [0.05, 0.1) is 0 Å². The van der Waals surface area contributed by atoms with Gasteiger partial charge in [-0.25, -0.2) is 0 Å². The molecule has 0 amide bonds. The molecule has 1 unspecified atom stereocenters. The van der Waals surface area contributed by atoms with Crippen LogP contribution in [0.15, 0.2) is 18.2 Å². The fourth-order valence-electron chi connectivity index (χ4n) is 1.56. The summed E-state index contributed by atoms with van der Waals surface area (Å²) in [4.78, 5) is 0. The van der Waals surface area contributed by atoms with Gasteiger partial charge in [-0.1, -0.05) is 19.1 Å². The Kier molecular flexibility index (Phi) is 3.59. The Morgan fingerprint density at radius 1 is 1.43 bits per heavy atom. The normalized spacial score (nSPS) is 11.6. The van der Waals surface area contributed by atoms with Crippen LogP contribution in [0, 0.1) is 24.7 Å². The van der Waals surface area contributed by atoms with Gasteiger partial charge in [0.2, 0.25) is 0 Å². The van der Waals surface area contributed by atoms with Crippen molar-refractivity contribution in [3.63, 3.8) is 0 Å². The maximum absolute atomic E-state index is 9.66. The third-order valence-corrected chi connectivity index (χ3v) is 2.29. The first kappa shape index (κ1) is 10.7. The third-order valence-electron chi connectivity index (χ3n) is 2.29. The molecule has 0 saturated carbocycles. The lowest BCUT2D eigenvalue weighted by atomic mass is 9.97. The summed E-state index contributed by atoms with van der Waals surface area (Å²) >= 11 is 0. The van der Waals surface area contributed by atoms with Crippen LogP contribution < -0.4 is 0 Å². The van der Waals surface area contributed by atoms with Crippen LogP contribution in [-0.4, -0.2) is 5.11 Å². The molecular formula is C13H16O.